The molecule has 0 saturated heterocycles. The predicted octanol–water partition coefficient (Wildman–Crippen LogP) is 1.53. The molecule has 0 N–H and O–H groups in total. The van der Waals surface area contributed by atoms with Crippen molar-refractivity contribution in [1.82, 2.24) is 0 Å². The van der Waals surface area contributed by atoms with Crippen LogP contribution in [0.5, 0.6) is 0 Å². The highest BCUT2D eigenvalue weighted by atomic mass is 14.9. The summed E-state index contributed by atoms with van der Waals surface area (Å²) < 4.78 is 2.25. The number of rotatable bonds is 0. The molecule has 0 amide bonds. The van der Waals surface area contributed by atoms with Crippen LogP contribution in [0.3, 0.4) is 0 Å². The van der Waals surface area contributed by atoms with Crippen molar-refractivity contribution >= 4 is 7.41 Å². The summed E-state index contributed by atoms with van der Waals surface area (Å²) in [6, 6.07) is 6.41. The van der Waals surface area contributed by atoms with Gasteiger partial charge in [0.2, 0.25) is 0 Å². The van der Waals surface area contributed by atoms with Crippen LogP contribution >= 0.6 is 0 Å². The Morgan fingerprint density at radius 2 is 2.14 bits per heavy atom. The van der Waals surface area contributed by atoms with Gasteiger partial charge in [-0.2, -0.15) is 0 Å². The maximum absolute atomic E-state index is 2.32. The number of hydrogen-bond acceptors (Lipinski definition) is 0. The van der Waals surface area contributed by atoms with Crippen LogP contribution in [0.4, 0.5) is 0 Å². The van der Waals surface area contributed by atoms with E-state index < -0.39 is 0 Å². The summed E-state index contributed by atoms with van der Waals surface area (Å²) in [7, 11) is 2.31. The fourth-order valence-corrected chi connectivity index (χ4v) is 2.27. The van der Waals surface area contributed by atoms with Crippen molar-refractivity contribution in [3.8, 4) is 0 Å². The van der Waals surface area contributed by atoms with Crippen LogP contribution in [0, 0.1) is 5.92 Å². The molecule has 14 heavy (non-hydrogen) atoms. The van der Waals surface area contributed by atoms with Crippen LogP contribution in [0.2, 0.25) is 5.82 Å². The number of aromatic nitrogens is 1. The highest BCUT2D eigenvalue weighted by molar-refractivity contribution is 6.28. The van der Waals surface area contributed by atoms with E-state index in [-0.39, 0.29) is 0 Å². The summed E-state index contributed by atoms with van der Waals surface area (Å²) in [5, 5.41) is 0. The Balaban J connectivity index is 2.00. The molecule has 67 valence electrons. The molecule has 0 fully saturated rings. The van der Waals surface area contributed by atoms with E-state index in [4.69, 9.17) is 0 Å². The summed E-state index contributed by atoms with van der Waals surface area (Å²) in [6.07, 6.45) is 12.2. The third kappa shape index (κ3) is 1.22. The van der Waals surface area contributed by atoms with Gasteiger partial charge in [0.25, 0.3) is 0 Å². The van der Waals surface area contributed by atoms with Gasteiger partial charge in [-0.05, 0) is 12.0 Å². The largest absolute Gasteiger partial charge is 0.547 e. The second-order valence-corrected chi connectivity index (χ2v) is 3.96. The van der Waals surface area contributed by atoms with Crippen molar-refractivity contribution < 1.29 is 4.48 Å². The summed E-state index contributed by atoms with van der Waals surface area (Å²) in [5.41, 5.74) is 1.41. The second kappa shape index (κ2) is 3.12. The molecule has 0 bridgehead atoms. The average molecular weight is 181 g/mol. The highest BCUT2D eigenvalue weighted by Crippen LogP contribution is 2.28. The quantitative estimate of drug-likeness (QED) is 0.534. The first-order valence-corrected chi connectivity index (χ1v) is 5.12. The Labute approximate surface area is 85.0 Å². The van der Waals surface area contributed by atoms with Gasteiger partial charge < -0.3 is 0 Å². The summed E-state index contributed by atoms with van der Waals surface area (Å²) in [5.74, 6) is 1.25. The zero-order chi connectivity index (χ0) is 9.38. The van der Waals surface area contributed by atoms with Crippen molar-refractivity contribution in [2.45, 2.75) is 12.2 Å². The zero-order valence-corrected chi connectivity index (χ0v) is 8.01. The van der Waals surface area contributed by atoms with Gasteiger partial charge in [0.05, 0.1) is 0 Å². The van der Waals surface area contributed by atoms with Crippen molar-refractivity contribution in [2.75, 3.05) is 0 Å². The fourth-order valence-electron chi connectivity index (χ4n) is 2.27. The minimum absolute atomic E-state index is 0.583. The van der Waals surface area contributed by atoms with Crippen LogP contribution in [-0.4, -0.2) is 7.41 Å². The Morgan fingerprint density at radius 3 is 3.14 bits per heavy atom. The van der Waals surface area contributed by atoms with E-state index in [1.54, 1.807) is 0 Å². The van der Waals surface area contributed by atoms with E-state index in [9.17, 15) is 0 Å². The first-order valence-electron chi connectivity index (χ1n) is 5.12. The van der Waals surface area contributed by atoms with Crippen LogP contribution in [0.15, 0.2) is 48.7 Å². The highest BCUT2D eigenvalue weighted by Gasteiger charge is 2.35. The summed E-state index contributed by atoms with van der Waals surface area (Å²) in [6.45, 7) is 0. The molecule has 2 unspecified atom stereocenters. The third-order valence-electron chi connectivity index (χ3n) is 3.05. The molecule has 2 heterocycles. The lowest BCUT2D eigenvalue weighted by Crippen LogP contribution is -2.51. The average Bonchev–Trinajstić information content (AvgIpc) is 2.26. The molecule has 3 rings (SSSR count). The van der Waals surface area contributed by atoms with Gasteiger partial charge in [0, 0.05) is 18.3 Å². The number of fused-ring (bicyclic) bond motifs is 2. The summed E-state index contributed by atoms with van der Waals surface area (Å²) >= 11 is 0. The minimum atomic E-state index is 0.583. The lowest BCUT2D eigenvalue weighted by atomic mass is 9.62. The van der Waals surface area contributed by atoms with Gasteiger partial charge in [-0.1, -0.05) is 30.4 Å². The number of hydrogen-bond donors (Lipinski definition) is 0. The molecule has 2 heteroatoms. The molecule has 1 radical (unpaired) electrons. The van der Waals surface area contributed by atoms with Gasteiger partial charge in [0.15, 0.2) is 5.69 Å². The van der Waals surface area contributed by atoms with E-state index in [2.05, 4.69) is 60.6 Å². The van der Waals surface area contributed by atoms with Crippen LogP contribution in [0.1, 0.15) is 5.69 Å². The Bertz CT molecular complexity index is 370. The number of nitrogens with zero attached hydrogens (tertiary/aromatic N) is 1. The molecule has 1 nitrogen and oxygen atoms in total. The topological polar surface area (TPSA) is 3.88 Å². The van der Waals surface area contributed by atoms with Crippen molar-refractivity contribution in [1.29, 1.82) is 0 Å². The Kier molecular flexibility index (Phi) is 1.79. The molecule has 0 saturated carbocycles. The fraction of sp³-hybridized carbons (Fsp3) is 0.250. The molecule has 1 aromatic heterocycles. The molecule has 0 spiro atoms. The van der Waals surface area contributed by atoms with E-state index in [1.807, 2.05) is 0 Å². The van der Waals surface area contributed by atoms with E-state index in [0.29, 0.717) is 11.7 Å². The van der Waals surface area contributed by atoms with Crippen LogP contribution in [-0.2, 0) is 6.42 Å². The SMILES string of the molecule is [B]1C2C=CC=CC2Cc2cccc[n+]21. The van der Waals surface area contributed by atoms with E-state index >= 15 is 0 Å². The molecule has 1 aliphatic heterocycles. The van der Waals surface area contributed by atoms with Crippen LogP contribution in [0.25, 0.3) is 0 Å². The number of pyridine rings is 1. The second-order valence-electron chi connectivity index (χ2n) is 3.96. The predicted molar refractivity (Wildman–Crippen MR) is 57.0 cm³/mol. The molecule has 1 aromatic rings. The van der Waals surface area contributed by atoms with Crippen LogP contribution < -0.4 is 4.48 Å². The van der Waals surface area contributed by atoms with Gasteiger partial charge in [-0.15, -0.1) is 0 Å². The summed E-state index contributed by atoms with van der Waals surface area (Å²) in [4.78, 5) is 0. The van der Waals surface area contributed by atoms with Crippen molar-refractivity contribution in [3.63, 3.8) is 0 Å². The van der Waals surface area contributed by atoms with Gasteiger partial charge in [-0.25, -0.2) is 0 Å². The molecule has 0 aromatic carbocycles. The molecule has 2 aliphatic rings. The third-order valence-corrected chi connectivity index (χ3v) is 3.05. The monoisotopic (exact) mass is 181 g/mol. The standard InChI is InChI=1S/C12H12BN/c1-2-7-12-10(5-1)9-11-6-3-4-8-14(11)13-12/h1-8,10,12H,9H2/q+1. The van der Waals surface area contributed by atoms with Crippen molar-refractivity contribution in [2.24, 2.45) is 5.92 Å². The van der Waals surface area contributed by atoms with Gasteiger partial charge >= 0.3 is 7.41 Å². The Morgan fingerprint density at radius 1 is 1.21 bits per heavy atom. The molecule has 2 atom stereocenters. The lowest BCUT2D eigenvalue weighted by molar-refractivity contribution is -0.544. The van der Waals surface area contributed by atoms with Gasteiger partial charge in [0.1, 0.15) is 6.20 Å². The first kappa shape index (κ1) is 8.04. The van der Waals surface area contributed by atoms with Gasteiger partial charge in [-0.3, -0.25) is 4.48 Å². The zero-order valence-electron chi connectivity index (χ0n) is 8.01. The normalized spacial score (nSPS) is 27.7. The molecule has 1 aliphatic carbocycles. The minimum Gasteiger partial charge on any atom is -0.288 e. The smallest absolute Gasteiger partial charge is 0.288 e. The maximum Gasteiger partial charge on any atom is 0.547 e. The molecular weight excluding hydrogens is 169 g/mol. The molecular formula is C12H12BN+. The maximum atomic E-state index is 2.32. The first-order chi connectivity index (χ1) is 6.93. The van der Waals surface area contributed by atoms with E-state index in [1.165, 1.54) is 5.69 Å². The number of allylic oxidation sites excluding steroid dienone is 4. The van der Waals surface area contributed by atoms with Crippen molar-refractivity contribution in [3.05, 3.63) is 54.4 Å². The Hall–Kier alpha value is -1.31. The van der Waals surface area contributed by atoms with E-state index in [0.717, 1.165) is 6.42 Å². The lowest BCUT2D eigenvalue weighted by Gasteiger charge is -2.24.